The van der Waals surface area contributed by atoms with E-state index in [2.05, 4.69) is 6.07 Å². The van der Waals surface area contributed by atoms with Gasteiger partial charge in [0, 0.05) is 32.0 Å². The molecule has 0 N–H and O–H groups in total. The van der Waals surface area contributed by atoms with Crippen LogP contribution in [-0.4, -0.2) is 18.3 Å². The molecular formula is C8H9ClNO2. The second-order valence-electron chi connectivity index (χ2n) is 2.29. The molecule has 0 bridgehead atoms. The van der Waals surface area contributed by atoms with E-state index in [-0.39, 0.29) is 5.56 Å². The first-order chi connectivity index (χ1) is 5.74. The lowest BCUT2D eigenvalue weighted by Crippen LogP contribution is -2.20. The predicted octanol–water partition coefficient (Wildman–Crippen LogP) is 0.948. The predicted molar refractivity (Wildman–Crippen MR) is 46.4 cm³/mol. The Morgan fingerprint density at radius 1 is 1.75 bits per heavy atom. The van der Waals surface area contributed by atoms with E-state index < -0.39 is 0 Å². The quantitative estimate of drug-likeness (QED) is 0.704. The minimum Gasteiger partial charge on any atom is -0.383 e. The van der Waals surface area contributed by atoms with Gasteiger partial charge in [0.15, 0.2) is 0 Å². The molecule has 1 aromatic heterocycles. The molecule has 0 spiro atoms. The summed E-state index contributed by atoms with van der Waals surface area (Å²) in [5.74, 6) is 0. The van der Waals surface area contributed by atoms with Gasteiger partial charge in [0.2, 0.25) is 0 Å². The van der Waals surface area contributed by atoms with Crippen molar-refractivity contribution >= 4 is 11.6 Å². The van der Waals surface area contributed by atoms with E-state index in [0.717, 1.165) is 0 Å². The Hall–Kier alpha value is -0.800. The topological polar surface area (TPSA) is 31.2 Å². The molecule has 0 unspecified atom stereocenters. The minimum atomic E-state index is -0.114. The number of nitrogens with zero attached hydrogens (tertiary/aromatic N) is 1. The van der Waals surface area contributed by atoms with Gasteiger partial charge in [-0.3, -0.25) is 4.79 Å². The first kappa shape index (κ1) is 9.29. The molecule has 65 valence electrons. The third-order valence-corrected chi connectivity index (χ3v) is 1.63. The zero-order valence-electron chi connectivity index (χ0n) is 6.71. The van der Waals surface area contributed by atoms with Gasteiger partial charge in [0.1, 0.15) is 0 Å². The average Bonchev–Trinajstić information content (AvgIpc) is 2.07. The number of hydrogen-bond donors (Lipinski definition) is 0. The summed E-state index contributed by atoms with van der Waals surface area (Å²) < 4.78 is 6.32. The third kappa shape index (κ3) is 2.36. The Morgan fingerprint density at radius 2 is 2.50 bits per heavy atom. The normalized spacial score (nSPS) is 10.2. The van der Waals surface area contributed by atoms with Crippen LogP contribution in [0.3, 0.4) is 0 Å². The number of ether oxygens (including phenoxy) is 1. The number of aromatic nitrogens is 1. The van der Waals surface area contributed by atoms with E-state index >= 15 is 0 Å². The van der Waals surface area contributed by atoms with Gasteiger partial charge in [-0.2, -0.15) is 0 Å². The summed E-state index contributed by atoms with van der Waals surface area (Å²) >= 11 is 5.64. The molecular weight excluding hydrogens is 178 g/mol. The molecule has 12 heavy (non-hydrogen) atoms. The molecule has 0 saturated heterocycles. The van der Waals surface area contributed by atoms with E-state index in [1.807, 2.05) is 0 Å². The third-order valence-electron chi connectivity index (χ3n) is 1.42. The van der Waals surface area contributed by atoms with Crippen LogP contribution in [0.2, 0.25) is 5.02 Å². The van der Waals surface area contributed by atoms with Crippen LogP contribution in [0.1, 0.15) is 0 Å². The maximum atomic E-state index is 11.1. The fourth-order valence-electron chi connectivity index (χ4n) is 0.816. The van der Waals surface area contributed by atoms with Crippen molar-refractivity contribution in [2.75, 3.05) is 13.7 Å². The number of halogens is 1. The molecule has 0 fully saturated rings. The van der Waals surface area contributed by atoms with Gasteiger partial charge in [-0.25, -0.2) is 0 Å². The fourth-order valence-corrected chi connectivity index (χ4v) is 0.988. The van der Waals surface area contributed by atoms with Crippen LogP contribution in [-0.2, 0) is 11.3 Å². The zero-order chi connectivity index (χ0) is 8.97. The molecule has 1 radical (unpaired) electrons. The number of hydrogen-bond acceptors (Lipinski definition) is 2. The standard InChI is InChI=1S/C8H9ClNO2/c1-12-5-4-10-6-7(9)2-3-8(10)11/h3,6H,4-5H2,1H3. The summed E-state index contributed by atoms with van der Waals surface area (Å²) in [5, 5.41) is 0.436. The van der Waals surface area contributed by atoms with Gasteiger partial charge in [-0.1, -0.05) is 11.6 Å². The van der Waals surface area contributed by atoms with Crippen molar-refractivity contribution in [1.29, 1.82) is 0 Å². The van der Waals surface area contributed by atoms with Gasteiger partial charge < -0.3 is 9.30 Å². The Kier molecular flexibility index (Phi) is 3.31. The molecule has 1 aromatic rings. The molecule has 0 amide bonds. The SMILES string of the molecule is COCCn1cc(Cl)[c]cc1=O. The van der Waals surface area contributed by atoms with E-state index in [9.17, 15) is 4.79 Å². The average molecular weight is 187 g/mol. The zero-order valence-corrected chi connectivity index (χ0v) is 7.47. The van der Waals surface area contributed by atoms with Gasteiger partial charge in [0.05, 0.1) is 11.6 Å². The highest BCUT2D eigenvalue weighted by atomic mass is 35.5. The molecule has 0 aliphatic carbocycles. The lowest BCUT2D eigenvalue weighted by molar-refractivity contribution is 0.186. The van der Waals surface area contributed by atoms with Crippen molar-refractivity contribution < 1.29 is 4.74 Å². The molecule has 1 rings (SSSR count). The van der Waals surface area contributed by atoms with E-state index in [4.69, 9.17) is 16.3 Å². The second kappa shape index (κ2) is 4.28. The first-order valence-corrected chi connectivity index (χ1v) is 3.88. The molecule has 0 aliphatic rings. The van der Waals surface area contributed by atoms with Crippen molar-refractivity contribution in [2.24, 2.45) is 0 Å². The van der Waals surface area contributed by atoms with Crippen LogP contribution >= 0.6 is 11.6 Å². The highest BCUT2D eigenvalue weighted by molar-refractivity contribution is 6.30. The smallest absolute Gasteiger partial charge is 0.251 e. The molecule has 0 saturated carbocycles. The van der Waals surface area contributed by atoms with Gasteiger partial charge in [0.25, 0.3) is 5.56 Å². The summed E-state index contributed by atoms with van der Waals surface area (Å²) in [6.07, 6.45) is 1.54. The van der Waals surface area contributed by atoms with Crippen molar-refractivity contribution in [1.82, 2.24) is 4.57 Å². The van der Waals surface area contributed by atoms with Crippen molar-refractivity contribution in [2.45, 2.75) is 6.54 Å². The highest BCUT2D eigenvalue weighted by Gasteiger charge is 1.95. The van der Waals surface area contributed by atoms with Crippen LogP contribution in [0.25, 0.3) is 0 Å². The van der Waals surface area contributed by atoms with Crippen LogP contribution in [0.15, 0.2) is 17.1 Å². The summed E-state index contributed by atoms with van der Waals surface area (Å²) in [7, 11) is 1.59. The largest absolute Gasteiger partial charge is 0.383 e. The molecule has 0 aromatic carbocycles. The number of pyridine rings is 1. The Labute approximate surface area is 75.5 Å². The van der Waals surface area contributed by atoms with Gasteiger partial charge >= 0.3 is 0 Å². The van der Waals surface area contributed by atoms with Crippen molar-refractivity contribution in [3.63, 3.8) is 0 Å². The summed E-state index contributed by atoms with van der Waals surface area (Å²) in [5.41, 5.74) is -0.114. The van der Waals surface area contributed by atoms with Gasteiger partial charge in [-0.15, -0.1) is 0 Å². The maximum Gasteiger partial charge on any atom is 0.251 e. The molecule has 0 atom stereocenters. The Balaban J connectivity index is 2.83. The Morgan fingerprint density at radius 3 is 3.17 bits per heavy atom. The van der Waals surface area contributed by atoms with Gasteiger partial charge in [-0.05, 0) is 0 Å². The summed E-state index contributed by atoms with van der Waals surface area (Å²) in [6.45, 7) is 1.02. The maximum absolute atomic E-state index is 11.1. The summed E-state index contributed by atoms with van der Waals surface area (Å²) in [4.78, 5) is 11.1. The fraction of sp³-hybridized carbons (Fsp3) is 0.375. The van der Waals surface area contributed by atoms with Crippen LogP contribution in [0.4, 0.5) is 0 Å². The lowest BCUT2D eigenvalue weighted by Gasteiger charge is -2.03. The summed E-state index contributed by atoms with van der Waals surface area (Å²) in [6, 6.07) is 3.93. The van der Waals surface area contributed by atoms with Crippen molar-refractivity contribution in [3.05, 3.63) is 33.7 Å². The van der Waals surface area contributed by atoms with Crippen molar-refractivity contribution in [3.8, 4) is 0 Å². The van der Waals surface area contributed by atoms with E-state index in [1.165, 1.54) is 10.6 Å². The lowest BCUT2D eigenvalue weighted by atomic mass is 10.4. The first-order valence-electron chi connectivity index (χ1n) is 3.50. The van der Waals surface area contributed by atoms with Crippen LogP contribution < -0.4 is 5.56 Å². The molecule has 3 nitrogen and oxygen atoms in total. The molecule has 0 aliphatic heterocycles. The second-order valence-corrected chi connectivity index (χ2v) is 2.70. The number of methoxy groups -OCH3 is 1. The molecule has 1 heterocycles. The highest BCUT2D eigenvalue weighted by Crippen LogP contribution is 2.01. The van der Waals surface area contributed by atoms with E-state index in [1.54, 1.807) is 13.3 Å². The minimum absolute atomic E-state index is 0.114. The van der Waals surface area contributed by atoms with Crippen LogP contribution in [0, 0.1) is 6.07 Å². The monoisotopic (exact) mass is 186 g/mol. The van der Waals surface area contributed by atoms with E-state index in [0.29, 0.717) is 18.2 Å². The number of rotatable bonds is 3. The van der Waals surface area contributed by atoms with Crippen LogP contribution in [0.5, 0.6) is 0 Å². The molecule has 4 heteroatoms. The Bertz CT molecular complexity index is 308.